The van der Waals surface area contributed by atoms with Crippen LogP contribution < -0.4 is 10.6 Å². The van der Waals surface area contributed by atoms with Gasteiger partial charge in [-0.05, 0) is 16.7 Å². The molecule has 0 aliphatic carbocycles. The maximum absolute atomic E-state index is 6.26. The molecule has 164 valence electrons. The van der Waals surface area contributed by atoms with Crippen LogP contribution in [0.3, 0.4) is 0 Å². The number of piperazine rings is 1. The van der Waals surface area contributed by atoms with Gasteiger partial charge in [0.15, 0.2) is 11.1 Å². The Labute approximate surface area is 204 Å². The van der Waals surface area contributed by atoms with Gasteiger partial charge in [0.05, 0.1) is 19.8 Å². The van der Waals surface area contributed by atoms with Crippen molar-refractivity contribution in [3.05, 3.63) is 82.9 Å². The average molecular weight is 549 g/mol. The summed E-state index contributed by atoms with van der Waals surface area (Å²) in [6.45, 7) is 5.33. The number of benzene rings is 2. The van der Waals surface area contributed by atoms with E-state index in [2.05, 4.69) is 56.2 Å². The van der Waals surface area contributed by atoms with Crippen LogP contribution in [0.1, 0.15) is 16.7 Å². The topological polar surface area (TPSA) is 67.0 Å². The summed E-state index contributed by atoms with van der Waals surface area (Å²) in [5.74, 6) is 0.611. The standard InChI is InChI=1S/C23H27N5OS.HI/c24-22(27-10-12-28(13-11-27)23-25-9-14-30-23)26-16-20-7-4-8-21(15-20)18-29-17-19-5-2-1-3-6-19;/h1-9,14-15H,10-13,16-18H2,(H2,24,26);1H. The van der Waals surface area contributed by atoms with Gasteiger partial charge in [-0.25, -0.2) is 9.98 Å². The molecule has 2 aromatic carbocycles. The number of thiazole rings is 1. The average Bonchev–Trinajstić information content (AvgIpc) is 3.34. The predicted octanol–water partition coefficient (Wildman–Crippen LogP) is 4.11. The summed E-state index contributed by atoms with van der Waals surface area (Å²) in [6.07, 6.45) is 1.85. The Kier molecular flexibility index (Phi) is 9.11. The first-order valence-electron chi connectivity index (χ1n) is 10.2. The van der Waals surface area contributed by atoms with E-state index in [0.717, 1.165) is 42.4 Å². The number of hydrogen-bond donors (Lipinski definition) is 1. The van der Waals surface area contributed by atoms with Crippen molar-refractivity contribution < 1.29 is 4.74 Å². The van der Waals surface area contributed by atoms with Crippen LogP contribution in [0.15, 0.2) is 71.2 Å². The Balaban J connectivity index is 0.00000272. The highest BCUT2D eigenvalue weighted by atomic mass is 127. The van der Waals surface area contributed by atoms with E-state index in [1.807, 2.05) is 29.8 Å². The number of halogens is 1. The number of ether oxygens (including phenoxy) is 1. The fourth-order valence-electron chi connectivity index (χ4n) is 3.45. The zero-order valence-corrected chi connectivity index (χ0v) is 20.5. The zero-order chi connectivity index (χ0) is 20.6. The van der Waals surface area contributed by atoms with Crippen molar-refractivity contribution in [2.75, 3.05) is 31.1 Å². The van der Waals surface area contributed by atoms with E-state index < -0.39 is 0 Å². The van der Waals surface area contributed by atoms with Gasteiger partial charge in [-0.15, -0.1) is 35.3 Å². The third kappa shape index (κ3) is 6.91. The number of nitrogens with two attached hydrogens (primary N) is 1. The highest BCUT2D eigenvalue weighted by Gasteiger charge is 2.19. The first-order chi connectivity index (χ1) is 14.8. The fraction of sp³-hybridized carbons (Fsp3) is 0.304. The van der Waals surface area contributed by atoms with Crippen molar-refractivity contribution in [1.29, 1.82) is 0 Å². The molecule has 6 nitrogen and oxygen atoms in total. The smallest absolute Gasteiger partial charge is 0.191 e. The monoisotopic (exact) mass is 549 g/mol. The minimum Gasteiger partial charge on any atom is -0.372 e. The van der Waals surface area contributed by atoms with Gasteiger partial charge in [0.25, 0.3) is 0 Å². The van der Waals surface area contributed by atoms with Crippen LogP contribution in [0.25, 0.3) is 0 Å². The third-order valence-electron chi connectivity index (χ3n) is 5.09. The van der Waals surface area contributed by atoms with Crippen LogP contribution in [0, 0.1) is 0 Å². The molecule has 0 saturated carbocycles. The summed E-state index contributed by atoms with van der Waals surface area (Å²) >= 11 is 1.68. The zero-order valence-electron chi connectivity index (χ0n) is 17.4. The van der Waals surface area contributed by atoms with Crippen molar-refractivity contribution in [2.45, 2.75) is 19.8 Å². The van der Waals surface area contributed by atoms with Gasteiger partial charge in [-0.3, -0.25) is 0 Å². The number of nitrogens with zero attached hydrogens (tertiary/aromatic N) is 4. The molecule has 0 atom stereocenters. The molecule has 1 fully saturated rings. The van der Waals surface area contributed by atoms with Gasteiger partial charge in [-0.1, -0.05) is 54.6 Å². The molecule has 0 amide bonds. The lowest BCUT2D eigenvalue weighted by Crippen LogP contribution is -2.51. The molecule has 31 heavy (non-hydrogen) atoms. The quantitative estimate of drug-likeness (QED) is 0.273. The molecule has 2 N–H and O–H groups in total. The molecule has 4 rings (SSSR count). The van der Waals surface area contributed by atoms with E-state index in [0.29, 0.717) is 25.7 Å². The number of aromatic nitrogens is 1. The molecule has 0 radical (unpaired) electrons. The maximum Gasteiger partial charge on any atom is 0.191 e. The van der Waals surface area contributed by atoms with Crippen molar-refractivity contribution >= 4 is 46.4 Å². The first kappa shape index (κ1) is 23.5. The van der Waals surface area contributed by atoms with E-state index in [-0.39, 0.29) is 24.0 Å². The second-order valence-corrected chi connectivity index (χ2v) is 8.13. The molecule has 1 saturated heterocycles. The molecule has 1 aliphatic heterocycles. The van der Waals surface area contributed by atoms with Gasteiger partial charge in [0.2, 0.25) is 0 Å². The first-order valence-corrected chi connectivity index (χ1v) is 11.0. The summed E-state index contributed by atoms with van der Waals surface area (Å²) in [5.41, 5.74) is 9.73. The van der Waals surface area contributed by atoms with Crippen LogP contribution in [-0.2, 0) is 24.5 Å². The highest BCUT2D eigenvalue weighted by molar-refractivity contribution is 14.0. The lowest BCUT2D eigenvalue weighted by molar-refractivity contribution is 0.107. The number of aliphatic imine (C=N–C) groups is 1. The van der Waals surface area contributed by atoms with Crippen molar-refractivity contribution in [1.82, 2.24) is 9.88 Å². The molecule has 0 spiro atoms. The molecule has 1 aromatic heterocycles. The lowest BCUT2D eigenvalue weighted by Gasteiger charge is -2.35. The Morgan fingerprint density at radius 3 is 2.42 bits per heavy atom. The largest absolute Gasteiger partial charge is 0.372 e. The van der Waals surface area contributed by atoms with Gasteiger partial charge in [0, 0.05) is 37.8 Å². The number of rotatable bonds is 7. The molecule has 0 bridgehead atoms. The normalized spacial score (nSPS) is 14.4. The highest BCUT2D eigenvalue weighted by Crippen LogP contribution is 2.19. The fourth-order valence-corrected chi connectivity index (χ4v) is 4.15. The predicted molar refractivity (Wildman–Crippen MR) is 138 cm³/mol. The molecule has 2 heterocycles. The second-order valence-electron chi connectivity index (χ2n) is 7.26. The number of hydrogen-bond acceptors (Lipinski definition) is 5. The van der Waals surface area contributed by atoms with E-state index in [9.17, 15) is 0 Å². The SMILES string of the molecule is I.NC(=NCc1cccc(COCc2ccccc2)c1)N1CCN(c2nccs2)CC1. The van der Waals surface area contributed by atoms with Gasteiger partial charge in [0.1, 0.15) is 0 Å². The molecular weight excluding hydrogens is 521 g/mol. The molecule has 8 heteroatoms. The maximum atomic E-state index is 6.26. The number of guanidine groups is 1. The Morgan fingerprint density at radius 2 is 1.68 bits per heavy atom. The van der Waals surface area contributed by atoms with Crippen molar-refractivity contribution in [3.8, 4) is 0 Å². The lowest BCUT2D eigenvalue weighted by atomic mass is 10.1. The molecule has 3 aromatic rings. The summed E-state index contributed by atoms with van der Waals surface area (Å²) in [5, 5.41) is 3.09. The molecule has 0 unspecified atom stereocenters. The van der Waals surface area contributed by atoms with Gasteiger partial charge >= 0.3 is 0 Å². The van der Waals surface area contributed by atoms with E-state index in [4.69, 9.17) is 10.5 Å². The Hall–Kier alpha value is -2.17. The minimum atomic E-state index is 0. The van der Waals surface area contributed by atoms with Gasteiger partial charge < -0.3 is 20.3 Å². The van der Waals surface area contributed by atoms with Crippen LogP contribution in [0.4, 0.5) is 5.13 Å². The van der Waals surface area contributed by atoms with Crippen LogP contribution >= 0.6 is 35.3 Å². The number of anilines is 1. The summed E-state index contributed by atoms with van der Waals surface area (Å²) in [7, 11) is 0. The van der Waals surface area contributed by atoms with Gasteiger partial charge in [-0.2, -0.15) is 0 Å². The van der Waals surface area contributed by atoms with E-state index in [1.165, 1.54) is 5.56 Å². The van der Waals surface area contributed by atoms with Crippen LogP contribution in [-0.4, -0.2) is 42.0 Å². The molecule has 1 aliphatic rings. The summed E-state index contributed by atoms with van der Waals surface area (Å²) in [6, 6.07) is 18.6. The van der Waals surface area contributed by atoms with Crippen LogP contribution in [0.2, 0.25) is 0 Å². The Morgan fingerprint density at radius 1 is 0.968 bits per heavy atom. The Bertz CT molecular complexity index is 944. The van der Waals surface area contributed by atoms with Crippen molar-refractivity contribution in [2.24, 2.45) is 10.7 Å². The van der Waals surface area contributed by atoms with Crippen molar-refractivity contribution in [3.63, 3.8) is 0 Å². The van der Waals surface area contributed by atoms with E-state index in [1.54, 1.807) is 11.3 Å². The van der Waals surface area contributed by atoms with E-state index >= 15 is 0 Å². The van der Waals surface area contributed by atoms with Crippen LogP contribution in [0.5, 0.6) is 0 Å². The minimum absolute atomic E-state index is 0. The molecular formula is C23H28IN5OS. The summed E-state index contributed by atoms with van der Waals surface area (Å²) in [4.78, 5) is 13.5. The second kappa shape index (κ2) is 12.0. The summed E-state index contributed by atoms with van der Waals surface area (Å²) < 4.78 is 5.84. The third-order valence-corrected chi connectivity index (χ3v) is 5.92.